The van der Waals surface area contributed by atoms with Gasteiger partial charge in [0.2, 0.25) is 0 Å². The van der Waals surface area contributed by atoms with Crippen LogP contribution in [0.3, 0.4) is 0 Å². The highest BCUT2D eigenvalue weighted by molar-refractivity contribution is 9.09. The van der Waals surface area contributed by atoms with Crippen LogP contribution in [-0.4, -0.2) is 36.5 Å². The van der Waals surface area contributed by atoms with Gasteiger partial charge in [-0.2, -0.15) is 0 Å². The first-order valence-corrected chi connectivity index (χ1v) is 10.7. The topological polar surface area (TPSA) is 38.7 Å². The Morgan fingerprint density at radius 2 is 1.84 bits per heavy atom. The van der Waals surface area contributed by atoms with Crippen LogP contribution in [0.25, 0.3) is 0 Å². The molecule has 0 bridgehead atoms. The first kappa shape index (κ1) is 26.7. The van der Waals surface area contributed by atoms with Gasteiger partial charge in [-0.05, 0) is 32.1 Å². The Hall–Kier alpha value is -0.520. The maximum atomic E-state index is 8.25. The van der Waals surface area contributed by atoms with Crippen molar-refractivity contribution in [1.82, 2.24) is 0 Å². The van der Waals surface area contributed by atoms with E-state index in [1.165, 1.54) is 50.3 Å². The number of terminal acetylenes is 1. The predicted octanol–water partition coefficient (Wildman–Crippen LogP) is 5.30. The zero-order chi connectivity index (χ0) is 19.0. The van der Waals surface area contributed by atoms with Crippen LogP contribution in [0.2, 0.25) is 0 Å². The van der Waals surface area contributed by atoms with Crippen molar-refractivity contribution in [2.45, 2.75) is 84.3 Å². The van der Waals surface area contributed by atoms with Crippen LogP contribution in [0.15, 0.2) is 0 Å². The van der Waals surface area contributed by atoms with Crippen LogP contribution in [0.4, 0.5) is 0 Å². The number of aliphatic hydroxyl groups excluding tert-OH is 1. The molecule has 1 fully saturated rings. The van der Waals surface area contributed by atoms with Crippen LogP contribution in [0.1, 0.15) is 78.1 Å². The molecule has 146 valence electrons. The molecule has 0 amide bonds. The number of alkyl halides is 1. The summed E-state index contributed by atoms with van der Waals surface area (Å²) < 4.78 is 10.4. The molecular formula is C21H37BrO3. The number of ether oxygens (including phenoxy) is 2. The van der Waals surface area contributed by atoms with Crippen LogP contribution in [0.5, 0.6) is 0 Å². The van der Waals surface area contributed by atoms with Crippen molar-refractivity contribution in [3.8, 4) is 24.2 Å². The van der Waals surface area contributed by atoms with E-state index >= 15 is 0 Å². The van der Waals surface area contributed by atoms with Crippen molar-refractivity contribution in [2.24, 2.45) is 0 Å². The fourth-order valence-electron chi connectivity index (χ4n) is 1.94. The monoisotopic (exact) mass is 416 g/mol. The molecule has 0 spiro atoms. The minimum atomic E-state index is -0.0372. The van der Waals surface area contributed by atoms with Crippen LogP contribution in [0, 0.1) is 24.2 Å². The molecule has 1 rings (SSSR count). The average molecular weight is 417 g/mol. The molecule has 0 aromatic rings. The summed E-state index contributed by atoms with van der Waals surface area (Å²) in [7, 11) is 0. The summed E-state index contributed by atoms with van der Waals surface area (Å²) in [5.41, 5.74) is 0. The lowest BCUT2D eigenvalue weighted by molar-refractivity contribution is -0.154. The van der Waals surface area contributed by atoms with Crippen molar-refractivity contribution in [2.75, 3.05) is 25.2 Å². The number of rotatable bonds is 8. The third-order valence-corrected chi connectivity index (χ3v) is 3.90. The molecule has 1 heterocycles. The van der Waals surface area contributed by atoms with Crippen LogP contribution in [-0.2, 0) is 9.47 Å². The summed E-state index contributed by atoms with van der Waals surface area (Å²) in [4.78, 5) is 0. The Morgan fingerprint density at radius 3 is 2.32 bits per heavy atom. The summed E-state index contributed by atoms with van der Waals surface area (Å²) >= 11 is 3.35. The molecular weight excluding hydrogens is 380 g/mol. The second kappa shape index (κ2) is 25.7. The van der Waals surface area contributed by atoms with Gasteiger partial charge in [-0.3, -0.25) is 0 Å². The number of hydrogen-bond acceptors (Lipinski definition) is 3. The van der Waals surface area contributed by atoms with Gasteiger partial charge in [-0.1, -0.05) is 67.3 Å². The molecule has 0 radical (unpaired) electrons. The summed E-state index contributed by atoms with van der Waals surface area (Å²) in [6.07, 6.45) is 16.9. The number of unbranched alkanes of at least 4 members (excludes halogenated alkanes) is 5. The van der Waals surface area contributed by atoms with Gasteiger partial charge in [-0.25, -0.2) is 0 Å². The summed E-state index contributed by atoms with van der Waals surface area (Å²) in [5, 5.41) is 9.42. The predicted molar refractivity (Wildman–Crippen MR) is 111 cm³/mol. The zero-order valence-electron chi connectivity index (χ0n) is 16.2. The average Bonchev–Trinajstić information content (AvgIpc) is 2.66. The molecule has 25 heavy (non-hydrogen) atoms. The van der Waals surface area contributed by atoms with E-state index in [9.17, 15) is 0 Å². The van der Waals surface area contributed by atoms with Crippen molar-refractivity contribution in [3.63, 3.8) is 0 Å². The summed E-state index contributed by atoms with van der Waals surface area (Å²) in [6, 6.07) is 0. The van der Waals surface area contributed by atoms with Gasteiger partial charge < -0.3 is 14.6 Å². The van der Waals surface area contributed by atoms with Crippen molar-refractivity contribution < 1.29 is 14.6 Å². The van der Waals surface area contributed by atoms with E-state index < -0.39 is 0 Å². The molecule has 1 saturated heterocycles. The minimum absolute atomic E-state index is 0.00608. The molecule has 0 aliphatic carbocycles. The smallest absolute Gasteiger partial charge is 0.158 e. The van der Waals surface area contributed by atoms with Gasteiger partial charge in [0.05, 0.1) is 0 Å². The Kier molecular flexibility index (Phi) is 27.5. The highest BCUT2D eigenvalue weighted by atomic mass is 79.9. The molecule has 0 aromatic heterocycles. The lowest BCUT2D eigenvalue weighted by atomic mass is 10.2. The number of aliphatic hydroxyl groups is 1. The molecule has 3 nitrogen and oxygen atoms in total. The van der Waals surface area contributed by atoms with Gasteiger partial charge in [-0.15, -0.1) is 12.3 Å². The zero-order valence-corrected chi connectivity index (χ0v) is 17.8. The Bertz CT molecular complexity index is 331. The minimum Gasteiger partial charge on any atom is -0.384 e. The van der Waals surface area contributed by atoms with E-state index in [0.717, 1.165) is 25.9 Å². The number of halogens is 1. The third-order valence-electron chi connectivity index (χ3n) is 3.34. The second-order valence-electron chi connectivity index (χ2n) is 5.68. The number of hydrogen-bond donors (Lipinski definition) is 1. The fraction of sp³-hybridized carbons (Fsp3) is 0.810. The lowest BCUT2D eigenvalue weighted by Crippen LogP contribution is -2.22. The third kappa shape index (κ3) is 25.8. The van der Waals surface area contributed by atoms with E-state index in [1.54, 1.807) is 0 Å². The maximum Gasteiger partial charge on any atom is 0.158 e. The Balaban J connectivity index is 0. The molecule has 1 atom stereocenters. The van der Waals surface area contributed by atoms with Gasteiger partial charge in [0.25, 0.3) is 0 Å². The second-order valence-corrected chi connectivity index (χ2v) is 6.47. The van der Waals surface area contributed by atoms with Crippen LogP contribution < -0.4 is 0 Å². The maximum absolute atomic E-state index is 8.25. The summed E-state index contributed by atoms with van der Waals surface area (Å²) in [6.45, 7) is 5.56. The first-order chi connectivity index (χ1) is 12.3. The normalized spacial score (nSPS) is 15.4. The standard InChI is InChI=1S/C8H12O2.C8H14O.C5H11Br/c1-2-6-9-8-5-3-4-7-10-8;1-2-3-4-5-6-7-8-9;1-2-3-4-5-6/h1,8H,3-7H2;9H,2-5,8H2,1H3;2-5H2,1H3. The quantitative estimate of drug-likeness (QED) is 0.331. The largest absolute Gasteiger partial charge is 0.384 e. The summed E-state index contributed by atoms with van der Waals surface area (Å²) in [5.74, 6) is 7.90. The molecule has 0 saturated carbocycles. The Labute approximate surface area is 164 Å². The fourth-order valence-corrected chi connectivity index (χ4v) is 2.33. The van der Waals surface area contributed by atoms with E-state index in [1.807, 2.05) is 0 Å². The van der Waals surface area contributed by atoms with Crippen molar-refractivity contribution >= 4 is 15.9 Å². The highest BCUT2D eigenvalue weighted by Gasteiger charge is 2.12. The Morgan fingerprint density at radius 1 is 1.12 bits per heavy atom. The molecule has 1 aliphatic rings. The van der Waals surface area contributed by atoms with Crippen LogP contribution >= 0.6 is 15.9 Å². The first-order valence-electron chi connectivity index (χ1n) is 9.55. The van der Waals surface area contributed by atoms with Crippen molar-refractivity contribution in [1.29, 1.82) is 0 Å². The van der Waals surface area contributed by atoms with E-state index in [4.69, 9.17) is 21.0 Å². The van der Waals surface area contributed by atoms with E-state index in [2.05, 4.69) is 47.5 Å². The van der Waals surface area contributed by atoms with Crippen molar-refractivity contribution in [3.05, 3.63) is 0 Å². The van der Waals surface area contributed by atoms with E-state index in [0.29, 0.717) is 6.61 Å². The molecule has 4 heteroatoms. The van der Waals surface area contributed by atoms with Gasteiger partial charge in [0, 0.05) is 18.4 Å². The lowest BCUT2D eigenvalue weighted by Gasteiger charge is -2.21. The highest BCUT2D eigenvalue weighted by Crippen LogP contribution is 2.12. The SMILES string of the molecule is C#CCOC1CCCCO1.CCCCCBr.CCCCCC#CCO. The molecule has 1 N–H and O–H groups in total. The van der Waals surface area contributed by atoms with E-state index in [-0.39, 0.29) is 12.9 Å². The molecule has 0 aromatic carbocycles. The molecule has 1 aliphatic heterocycles. The molecule has 1 unspecified atom stereocenters. The van der Waals surface area contributed by atoms with Gasteiger partial charge in [0.1, 0.15) is 13.2 Å². The van der Waals surface area contributed by atoms with Gasteiger partial charge in [0.15, 0.2) is 6.29 Å². The van der Waals surface area contributed by atoms with Gasteiger partial charge >= 0.3 is 0 Å².